The standard InChI is InChI=1S/C10H15N4O3PS/c11-7-3-1-5-14(10(7)16)18(12,17)13-9(15)8-4-2-6-19-8/h2,4,6-7H,1,3,5,11H2,(H3,12,13,15,17)/t7-,18?/m0/s1. The topological polar surface area (TPSA) is 119 Å². The number of rotatable bonds is 3. The van der Waals surface area contributed by atoms with E-state index in [4.69, 9.17) is 11.2 Å². The average Bonchev–Trinajstić information content (AvgIpc) is 2.85. The Bertz CT molecular complexity index is 533. The van der Waals surface area contributed by atoms with Crippen molar-refractivity contribution in [2.75, 3.05) is 6.54 Å². The predicted octanol–water partition coefficient (Wildman–Crippen LogP) is 0.494. The van der Waals surface area contributed by atoms with Crippen LogP contribution in [0, 0.1) is 0 Å². The van der Waals surface area contributed by atoms with Crippen molar-refractivity contribution in [2.24, 2.45) is 11.2 Å². The van der Waals surface area contributed by atoms with Crippen LogP contribution in [0.4, 0.5) is 0 Å². The smallest absolute Gasteiger partial charge is 0.320 e. The zero-order valence-corrected chi connectivity index (χ0v) is 11.8. The minimum Gasteiger partial charge on any atom is -0.320 e. The molecule has 1 aliphatic heterocycles. The summed E-state index contributed by atoms with van der Waals surface area (Å²) in [4.78, 5) is 24.1. The molecule has 2 atom stereocenters. The molecule has 0 aliphatic carbocycles. The van der Waals surface area contributed by atoms with Crippen molar-refractivity contribution in [3.05, 3.63) is 22.4 Å². The number of thiophene rings is 1. The number of hydrogen-bond acceptors (Lipinski definition) is 5. The second kappa shape index (κ2) is 5.42. The number of hydrogen-bond donors (Lipinski definition) is 3. The van der Waals surface area contributed by atoms with Gasteiger partial charge in [-0.25, -0.2) is 5.50 Å². The summed E-state index contributed by atoms with van der Waals surface area (Å²) in [7, 11) is -3.75. The molecule has 1 aromatic heterocycles. The summed E-state index contributed by atoms with van der Waals surface area (Å²) in [6.07, 6.45) is 1.15. The number of nitrogens with zero attached hydrogens (tertiary/aromatic N) is 1. The van der Waals surface area contributed by atoms with Gasteiger partial charge in [0, 0.05) is 6.54 Å². The number of carbonyl (C=O) groups is 2. The lowest BCUT2D eigenvalue weighted by Crippen LogP contribution is -2.50. The monoisotopic (exact) mass is 302 g/mol. The van der Waals surface area contributed by atoms with Crippen molar-refractivity contribution in [3.63, 3.8) is 0 Å². The molecular weight excluding hydrogens is 287 g/mol. The Morgan fingerprint density at radius 3 is 2.95 bits per heavy atom. The Morgan fingerprint density at radius 1 is 1.58 bits per heavy atom. The molecule has 0 radical (unpaired) electrons. The summed E-state index contributed by atoms with van der Waals surface area (Å²) < 4.78 is 13.3. The molecule has 9 heteroatoms. The third kappa shape index (κ3) is 3.03. The van der Waals surface area contributed by atoms with Crippen molar-refractivity contribution in [1.29, 1.82) is 0 Å². The number of carbonyl (C=O) groups excluding carboxylic acids is 2. The minimum absolute atomic E-state index is 0.241. The average molecular weight is 302 g/mol. The van der Waals surface area contributed by atoms with Gasteiger partial charge >= 0.3 is 7.59 Å². The summed E-state index contributed by atoms with van der Waals surface area (Å²) in [5.41, 5.74) is 11.2. The lowest BCUT2D eigenvalue weighted by Gasteiger charge is -2.34. The molecule has 2 amide bonds. The normalized spacial score (nSPS) is 22.9. The van der Waals surface area contributed by atoms with E-state index < -0.39 is 25.5 Å². The van der Waals surface area contributed by atoms with E-state index in [0.717, 1.165) is 4.67 Å². The molecule has 2 heterocycles. The molecule has 0 aromatic carbocycles. The van der Waals surface area contributed by atoms with E-state index >= 15 is 0 Å². The highest BCUT2D eigenvalue weighted by Crippen LogP contribution is 2.39. The van der Waals surface area contributed by atoms with Crippen LogP contribution in [0.3, 0.4) is 0 Å². The molecule has 1 aromatic rings. The van der Waals surface area contributed by atoms with Gasteiger partial charge in [-0.2, -0.15) is 0 Å². The van der Waals surface area contributed by atoms with Crippen LogP contribution in [0.25, 0.3) is 0 Å². The summed E-state index contributed by atoms with van der Waals surface area (Å²) >= 11 is 1.20. The number of nitrogens with one attached hydrogen (secondary N) is 1. The minimum atomic E-state index is -3.75. The van der Waals surface area contributed by atoms with Gasteiger partial charge in [0.1, 0.15) is 0 Å². The quantitative estimate of drug-likeness (QED) is 0.702. The highest BCUT2D eigenvalue weighted by Gasteiger charge is 2.37. The second-order valence-electron chi connectivity index (χ2n) is 4.25. The van der Waals surface area contributed by atoms with Crippen molar-refractivity contribution < 1.29 is 14.2 Å². The second-order valence-corrected chi connectivity index (χ2v) is 7.15. The highest BCUT2D eigenvalue weighted by molar-refractivity contribution is 7.58. The third-order valence-corrected chi connectivity index (χ3v) is 5.33. The van der Waals surface area contributed by atoms with Gasteiger partial charge in [-0.1, -0.05) is 6.07 Å². The van der Waals surface area contributed by atoms with Crippen LogP contribution in [-0.2, 0) is 9.36 Å². The molecule has 19 heavy (non-hydrogen) atoms. The molecule has 104 valence electrons. The zero-order valence-electron chi connectivity index (χ0n) is 10.1. The van der Waals surface area contributed by atoms with Gasteiger partial charge in [-0.3, -0.25) is 23.9 Å². The van der Waals surface area contributed by atoms with Crippen molar-refractivity contribution in [3.8, 4) is 0 Å². The number of amides is 2. The van der Waals surface area contributed by atoms with Crippen molar-refractivity contribution in [2.45, 2.75) is 18.9 Å². The maximum absolute atomic E-state index is 12.3. The van der Waals surface area contributed by atoms with Crippen molar-refractivity contribution >= 4 is 30.7 Å². The van der Waals surface area contributed by atoms with Crippen LogP contribution >= 0.6 is 18.9 Å². The van der Waals surface area contributed by atoms with Gasteiger partial charge < -0.3 is 5.73 Å². The highest BCUT2D eigenvalue weighted by atomic mass is 32.1. The van der Waals surface area contributed by atoms with Gasteiger partial charge in [0.15, 0.2) is 0 Å². The molecule has 1 saturated heterocycles. The SMILES string of the molecule is N[C@H]1CCCN(P(N)(=O)NC(=O)c2cccs2)C1=O. The summed E-state index contributed by atoms with van der Waals surface area (Å²) in [5, 5.41) is 3.95. The first-order chi connectivity index (χ1) is 8.92. The summed E-state index contributed by atoms with van der Waals surface area (Å²) in [6, 6.07) is 2.58. The predicted molar refractivity (Wildman–Crippen MR) is 72.5 cm³/mol. The van der Waals surface area contributed by atoms with E-state index in [1.54, 1.807) is 17.5 Å². The van der Waals surface area contributed by atoms with E-state index in [1.165, 1.54) is 11.3 Å². The first-order valence-corrected chi connectivity index (χ1v) is 8.35. The van der Waals surface area contributed by atoms with Crippen LogP contribution < -0.4 is 16.3 Å². The molecule has 7 nitrogen and oxygen atoms in total. The summed E-state index contributed by atoms with van der Waals surface area (Å²) in [6.45, 7) is 0.241. The van der Waals surface area contributed by atoms with E-state index in [2.05, 4.69) is 5.09 Å². The lowest BCUT2D eigenvalue weighted by atomic mass is 10.1. The van der Waals surface area contributed by atoms with Gasteiger partial charge in [-0.15, -0.1) is 11.3 Å². The van der Waals surface area contributed by atoms with Gasteiger partial charge in [-0.05, 0) is 24.3 Å². The maximum atomic E-state index is 12.3. The fraction of sp³-hybridized carbons (Fsp3) is 0.400. The van der Waals surface area contributed by atoms with Gasteiger partial charge in [0.05, 0.1) is 10.9 Å². The van der Waals surface area contributed by atoms with Gasteiger partial charge in [0.2, 0.25) is 5.91 Å². The Morgan fingerprint density at radius 2 is 2.32 bits per heavy atom. The molecule has 0 saturated carbocycles. The largest absolute Gasteiger partial charge is 0.332 e. The van der Waals surface area contributed by atoms with E-state index in [1.807, 2.05) is 0 Å². The molecule has 1 aliphatic rings. The van der Waals surface area contributed by atoms with E-state index in [0.29, 0.717) is 17.7 Å². The van der Waals surface area contributed by atoms with Crippen LogP contribution in [0.1, 0.15) is 22.5 Å². The number of piperidine rings is 1. The first kappa shape index (κ1) is 14.2. The fourth-order valence-electron chi connectivity index (χ4n) is 1.85. The van der Waals surface area contributed by atoms with Crippen LogP contribution in [0.5, 0.6) is 0 Å². The number of nitrogens with two attached hydrogens (primary N) is 2. The Labute approximate surface area is 114 Å². The molecule has 0 spiro atoms. The molecule has 0 bridgehead atoms. The summed E-state index contributed by atoms with van der Waals surface area (Å²) in [5.74, 6) is -1.03. The lowest BCUT2D eigenvalue weighted by molar-refractivity contribution is -0.129. The van der Waals surface area contributed by atoms with Gasteiger partial charge in [0.25, 0.3) is 5.91 Å². The molecular formula is C10H15N4O3PS. The molecule has 1 unspecified atom stereocenters. The van der Waals surface area contributed by atoms with E-state index in [-0.39, 0.29) is 6.54 Å². The zero-order chi connectivity index (χ0) is 14.0. The van der Waals surface area contributed by atoms with E-state index in [9.17, 15) is 14.2 Å². The maximum Gasteiger partial charge on any atom is 0.332 e. The third-order valence-electron chi connectivity index (χ3n) is 2.82. The first-order valence-electron chi connectivity index (χ1n) is 5.74. The van der Waals surface area contributed by atoms with Crippen LogP contribution in [0.15, 0.2) is 17.5 Å². The van der Waals surface area contributed by atoms with Crippen molar-refractivity contribution in [1.82, 2.24) is 9.76 Å². The Kier molecular flexibility index (Phi) is 4.05. The molecule has 2 rings (SSSR count). The molecule has 5 N–H and O–H groups in total. The Balaban J connectivity index is 2.11. The fourth-order valence-corrected chi connectivity index (χ4v) is 3.96. The molecule has 1 fully saturated rings. The van der Waals surface area contributed by atoms with Crippen LogP contribution in [0.2, 0.25) is 0 Å². The van der Waals surface area contributed by atoms with Crippen LogP contribution in [-0.4, -0.2) is 29.1 Å². The Hall–Kier alpha value is -1.21.